The van der Waals surface area contributed by atoms with E-state index >= 15 is 0 Å². The number of aromatic nitrogens is 2. The summed E-state index contributed by atoms with van der Waals surface area (Å²) in [4.78, 5) is 8.25. The Labute approximate surface area is 94.4 Å². The molecule has 0 atom stereocenters. The van der Waals surface area contributed by atoms with Gasteiger partial charge in [-0.2, -0.15) is 0 Å². The van der Waals surface area contributed by atoms with Crippen molar-refractivity contribution in [2.75, 3.05) is 0 Å². The number of carboxylic acid groups (broad SMARTS) is 1. The SMILES string of the molecule is C[n+]1ccn(Cc2ccccc2)c1.O=C[O-]. The normalized spacial score (nSPS) is 9.06. The van der Waals surface area contributed by atoms with Crippen molar-refractivity contribution >= 4 is 6.47 Å². The lowest BCUT2D eigenvalue weighted by Gasteiger charge is -1.95. The summed E-state index contributed by atoms with van der Waals surface area (Å²) in [6.45, 7) is 0.446. The molecule has 0 aliphatic carbocycles. The number of aryl methyl sites for hydroxylation is 1. The Kier molecular flexibility index (Phi) is 4.79. The van der Waals surface area contributed by atoms with Gasteiger partial charge in [-0.15, -0.1) is 0 Å². The molecule has 4 nitrogen and oxygen atoms in total. The van der Waals surface area contributed by atoms with Crippen LogP contribution in [0.1, 0.15) is 5.56 Å². The van der Waals surface area contributed by atoms with Gasteiger partial charge in [0.2, 0.25) is 6.33 Å². The standard InChI is InChI=1S/C11H13N2.CH2O2/c1-12-7-8-13(10-12)9-11-5-3-2-4-6-11;2-1-3/h2-8,10H,9H2,1H3;1H,(H,2,3)/q+1;/p-1. The van der Waals surface area contributed by atoms with Crippen LogP contribution >= 0.6 is 0 Å². The van der Waals surface area contributed by atoms with Crippen molar-refractivity contribution < 1.29 is 14.5 Å². The third-order valence-corrected chi connectivity index (χ3v) is 2.03. The highest BCUT2D eigenvalue weighted by molar-refractivity contribution is 5.29. The molecule has 0 bridgehead atoms. The number of nitrogens with zero attached hydrogens (tertiary/aromatic N) is 2. The zero-order valence-electron chi connectivity index (χ0n) is 9.11. The molecule has 4 heteroatoms. The van der Waals surface area contributed by atoms with E-state index in [0.29, 0.717) is 0 Å². The van der Waals surface area contributed by atoms with Crippen LogP contribution in [0.4, 0.5) is 0 Å². The van der Waals surface area contributed by atoms with Crippen molar-refractivity contribution in [3.8, 4) is 0 Å². The Morgan fingerprint density at radius 1 is 1.38 bits per heavy atom. The van der Waals surface area contributed by atoms with Gasteiger partial charge in [0.15, 0.2) is 0 Å². The number of rotatable bonds is 2. The minimum absolute atomic E-state index is 0.500. The van der Waals surface area contributed by atoms with Crippen LogP contribution < -0.4 is 9.67 Å². The highest BCUT2D eigenvalue weighted by atomic mass is 16.3. The molecular formula is C12H14N2O2. The molecule has 0 saturated carbocycles. The maximum atomic E-state index is 8.25. The van der Waals surface area contributed by atoms with Crippen molar-refractivity contribution in [2.45, 2.75) is 6.54 Å². The summed E-state index contributed by atoms with van der Waals surface area (Å²) < 4.78 is 4.21. The molecule has 2 aromatic rings. The molecule has 0 N–H and O–H groups in total. The lowest BCUT2D eigenvalue weighted by atomic mass is 10.2. The Morgan fingerprint density at radius 2 is 2.00 bits per heavy atom. The second-order valence-electron chi connectivity index (χ2n) is 3.33. The van der Waals surface area contributed by atoms with Gasteiger partial charge < -0.3 is 9.90 Å². The van der Waals surface area contributed by atoms with Crippen LogP contribution in [-0.4, -0.2) is 11.0 Å². The second kappa shape index (κ2) is 6.40. The minimum Gasteiger partial charge on any atom is -0.554 e. The largest absolute Gasteiger partial charge is 0.554 e. The summed E-state index contributed by atoms with van der Waals surface area (Å²) in [5.41, 5.74) is 1.33. The van der Waals surface area contributed by atoms with E-state index in [0.717, 1.165) is 6.54 Å². The van der Waals surface area contributed by atoms with Crippen molar-refractivity contribution in [1.82, 2.24) is 4.57 Å². The molecule has 0 aliphatic heterocycles. The monoisotopic (exact) mass is 218 g/mol. The molecule has 0 amide bonds. The molecule has 1 aromatic carbocycles. The molecule has 0 spiro atoms. The van der Waals surface area contributed by atoms with Crippen molar-refractivity contribution in [3.63, 3.8) is 0 Å². The fourth-order valence-corrected chi connectivity index (χ4v) is 1.39. The minimum atomic E-state index is -0.500. The van der Waals surface area contributed by atoms with Crippen molar-refractivity contribution in [1.29, 1.82) is 0 Å². The Balaban J connectivity index is 0.000000386. The molecule has 84 valence electrons. The molecule has 0 fully saturated rings. The summed E-state index contributed by atoms with van der Waals surface area (Å²) in [6, 6.07) is 10.5. The molecule has 0 radical (unpaired) electrons. The van der Waals surface area contributed by atoms with E-state index in [1.807, 2.05) is 23.9 Å². The van der Waals surface area contributed by atoms with Crippen LogP contribution in [0, 0.1) is 0 Å². The van der Waals surface area contributed by atoms with E-state index in [-0.39, 0.29) is 0 Å². The van der Waals surface area contributed by atoms with Crippen LogP contribution in [-0.2, 0) is 18.4 Å². The van der Waals surface area contributed by atoms with E-state index in [1.54, 1.807) is 0 Å². The average Bonchev–Trinajstić information content (AvgIpc) is 2.67. The third-order valence-electron chi connectivity index (χ3n) is 2.03. The maximum Gasteiger partial charge on any atom is 0.243 e. The van der Waals surface area contributed by atoms with Crippen molar-refractivity contribution in [3.05, 3.63) is 54.6 Å². The molecule has 1 aromatic heterocycles. The molecule has 0 saturated heterocycles. The molecule has 0 aliphatic rings. The van der Waals surface area contributed by atoms with E-state index in [4.69, 9.17) is 9.90 Å². The number of benzene rings is 1. The van der Waals surface area contributed by atoms with Gasteiger partial charge >= 0.3 is 0 Å². The number of hydrogen-bond acceptors (Lipinski definition) is 2. The van der Waals surface area contributed by atoms with Crippen LogP contribution in [0.3, 0.4) is 0 Å². The fraction of sp³-hybridized carbons (Fsp3) is 0.167. The topological polar surface area (TPSA) is 48.9 Å². The summed E-state index contributed by atoms with van der Waals surface area (Å²) in [5, 5.41) is 8.25. The van der Waals surface area contributed by atoms with Crippen LogP contribution in [0.5, 0.6) is 0 Å². The maximum absolute atomic E-state index is 8.25. The lowest BCUT2D eigenvalue weighted by molar-refractivity contribution is -0.671. The van der Waals surface area contributed by atoms with E-state index in [2.05, 4.69) is 41.4 Å². The lowest BCUT2D eigenvalue weighted by Crippen LogP contribution is -2.23. The van der Waals surface area contributed by atoms with Crippen LogP contribution in [0.15, 0.2) is 49.1 Å². The van der Waals surface area contributed by atoms with Gasteiger partial charge in [0.1, 0.15) is 18.9 Å². The molecule has 16 heavy (non-hydrogen) atoms. The predicted octanol–water partition coefficient (Wildman–Crippen LogP) is -0.273. The molecule has 1 heterocycles. The number of carbonyl (C=O) groups excluding carboxylic acids is 1. The highest BCUT2D eigenvalue weighted by Gasteiger charge is 1.99. The Bertz CT molecular complexity index is 424. The van der Waals surface area contributed by atoms with Gasteiger partial charge in [0.05, 0.1) is 7.05 Å². The summed E-state index contributed by atoms with van der Waals surface area (Å²) >= 11 is 0. The first-order chi connectivity index (χ1) is 7.76. The van der Waals surface area contributed by atoms with Gasteiger partial charge in [0.25, 0.3) is 0 Å². The quantitative estimate of drug-likeness (QED) is 0.514. The first-order valence-corrected chi connectivity index (χ1v) is 4.87. The van der Waals surface area contributed by atoms with Gasteiger partial charge in [0, 0.05) is 6.47 Å². The zero-order valence-corrected chi connectivity index (χ0v) is 9.11. The molecule has 2 rings (SSSR count). The molecule has 0 unspecified atom stereocenters. The summed E-state index contributed by atoms with van der Waals surface area (Å²) in [5.74, 6) is 0. The van der Waals surface area contributed by atoms with Gasteiger partial charge in [-0.05, 0) is 5.56 Å². The number of carbonyl (C=O) groups is 1. The van der Waals surface area contributed by atoms with Gasteiger partial charge in [-0.3, -0.25) is 0 Å². The first-order valence-electron chi connectivity index (χ1n) is 4.87. The summed E-state index contributed by atoms with van der Waals surface area (Å²) in [6.07, 6.45) is 6.20. The fourth-order valence-electron chi connectivity index (χ4n) is 1.39. The summed E-state index contributed by atoms with van der Waals surface area (Å²) in [7, 11) is 2.03. The Hall–Kier alpha value is -2.10. The van der Waals surface area contributed by atoms with E-state index < -0.39 is 6.47 Å². The number of imidazole rings is 1. The van der Waals surface area contributed by atoms with Gasteiger partial charge in [-0.25, -0.2) is 9.13 Å². The van der Waals surface area contributed by atoms with Crippen LogP contribution in [0.2, 0.25) is 0 Å². The first kappa shape index (κ1) is 12.0. The number of hydrogen-bond donors (Lipinski definition) is 0. The second-order valence-corrected chi connectivity index (χ2v) is 3.33. The predicted molar refractivity (Wildman–Crippen MR) is 57.2 cm³/mol. The smallest absolute Gasteiger partial charge is 0.243 e. The third kappa shape index (κ3) is 3.96. The van der Waals surface area contributed by atoms with E-state index in [9.17, 15) is 0 Å². The zero-order chi connectivity index (χ0) is 11.8. The van der Waals surface area contributed by atoms with Crippen molar-refractivity contribution in [2.24, 2.45) is 7.05 Å². The van der Waals surface area contributed by atoms with E-state index in [1.165, 1.54) is 5.56 Å². The average molecular weight is 218 g/mol. The highest BCUT2D eigenvalue weighted by Crippen LogP contribution is 2.00. The molecular weight excluding hydrogens is 204 g/mol. The van der Waals surface area contributed by atoms with Crippen LogP contribution in [0.25, 0.3) is 0 Å². The van der Waals surface area contributed by atoms with Gasteiger partial charge in [-0.1, -0.05) is 30.3 Å². The Morgan fingerprint density at radius 3 is 2.50 bits per heavy atom.